The molecule has 1 N–H and O–H groups in total. The minimum absolute atomic E-state index is 0. The molecule has 0 bridgehead atoms. The quantitative estimate of drug-likeness (QED) is 0.578. The van der Waals surface area contributed by atoms with Crippen molar-refractivity contribution in [2.75, 3.05) is 6.54 Å². The number of carbonyl (C=O) groups excluding carboxylic acids is 1. The molecule has 0 aromatic heterocycles. The van der Waals surface area contributed by atoms with E-state index in [2.05, 4.69) is 5.32 Å². The van der Waals surface area contributed by atoms with E-state index in [-0.39, 0.29) is 31.8 Å². The summed E-state index contributed by atoms with van der Waals surface area (Å²) in [5.41, 5.74) is 0. The molecule has 52 valence electrons. The van der Waals surface area contributed by atoms with Gasteiger partial charge in [0.05, 0.1) is 0 Å². The van der Waals surface area contributed by atoms with Crippen LogP contribution in [0.15, 0.2) is 0 Å². The van der Waals surface area contributed by atoms with Gasteiger partial charge in [0.15, 0.2) is 0 Å². The molecular weight excluding hydrogens is 126 g/mol. The summed E-state index contributed by atoms with van der Waals surface area (Å²) >= 11 is 0. The first kappa shape index (κ1) is 12.0. The molecule has 0 unspecified atom stereocenters. The topological polar surface area (TPSA) is 29.1 Å². The van der Waals surface area contributed by atoms with Crippen molar-refractivity contribution in [3.8, 4) is 0 Å². The van der Waals surface area contributed by atoms with E-state index in [9.17, 15) is 4.79 Å². The van der Waals surface area contributed by atoms with Gasteiger partial charge in [-0.2, -0.15) is 0 Å². The van der Waals surface area contributed by atoms with Gasteiger partial charge in [0.1, 0.15) is 0 Å². The van der Waals surface area contributed by atoms with Crippen LogP contribution in [0.4, 0.5) is 0 Å². The van der Waals surface area contributed by atoms with Gasteiger partial charge in [0, 0.05) is 13.0 Å². The minimum Gasteiger partial charge on any atom is -1.00 e. The van der Waals surface area contributed by atoms with Crippen molar-refractivity contribution in [2.24, 2.45) is 0 Å². The average molecular weight is 141 g/mol. The molecule has 1 amide bonds. The average Bonchev–Trinajstić information content (AvgIpc) is 1.68. The van der Waals surface area contributed by atoms with E-state index >= 15 is 0 Å². The number of hydrogen-bond acceptors (Lipinski definition) is 1. The van der Waals surface area contributed by atoms with E-state index in [1.54, 1.807) is 0 Å². The molecule has 0 saturated heterocycles. The van der Waals surface area contributed by atoms with Crippen molar-refractivity contribution in [1.82, 2.24) is 5.32 Å². The smallest absolute Gasteiger partial charge is 1.00 e. The van der Waals surface area contributed by atoms with Gasteiger partial charge in [-0.25, -0.2) is 0 Å². The summed E-state index contributed by atoms with van der Waals surface area (Å²) in [6.07, 6.45) is 1.60. The Balaban J connectivity index is -0.0000000817. The third kappa shape index (κ3) is 8.24. The molecule has 3 heteroatoms. The van der Waals surface area contributed by atoms with Crippen molar-refractivity contribution < 1.29 is 7.65 Å². The van der Waals surface area contributed by atoms with Crippen LogP contribution in [0.5, 0.6) is 0 Å². The number of nitrogens with one attached hydrogen (secondary N) is 1. The molecule has 0 aliphatic carbocycles. The fourth-order valence-corrected chi connectivity index (χ4v) is 0.513. The van der Waals surface area contributed by atoms with Crippen LogP contribution >= 0.6 is 0 Å². The van der Waals surface area contributed by atoms with Gasteiger partial charge in [-0.1, -0.05) is 6.92 Å². The molecule has 0 aromatic carbocycles. The summed E-state index contributed by atoms with van der Waals surface area (Å²) in [6.45, 7) is 4.67. The first-order valence-corrected chi connectivity index (χ1v) is 3.08. The van der Waals surface area contributed by atoms with Gasteiger partial charge in [-0.05, 0) is 13.3 Å². The molecule has 0 aliphatic rings. The van der Waals surface area contributed by atoms with Crippen LogP contribution in [0.2, 0.25) is 0 Å². The van der Waals surface area contributed by atoms with Gasteiger partial charge in [-0.15, -0.1) is 0 Å². The van der Waals surface area contributed by atoms with E-state index in [1.807, 2.05) is 13.8 Å². The van der Waals surface area contributed by atoms with Crippen LogP contribution in [0.1, 0.15) is 29.5 Å². The second kappa shape index (κ2) is 8.24. The maximum Gasteiger partial charge on any atom is 2.00 e. The summed E-state index contributed by atoms with van der Waals surface area (Å²) in [7, 11) is 0. The monoisotopic (exact) mass is 141 g/mol. The normalized spacial score (nSPS) is 7.78. The first-order chi connectivity index (χ1) is 3.81. The Morgan fingerprint density at radius 1 is 1.56 bits per heavy atom. The van der Waals surface area contributed by atoms with Crippen LogP contribution in [0.3, 0.4) is 0 Å². The van der Waals surface area contributed by atoms with Crippen LogP contribution in [-0.2, 0) is 4.79 Å². The molecule has 9 heavy (non-hydrogen) atoms. The number of rotatable bonds is 3. The van der Waals surface area contributed by atoms with Crippen molar-refractivity contribution in [3.63, 3.8) is 0 Å². The predicted octanol–water partition coefficient (Wildman–Crippen LogP) is 0.767. The van der Waals surface area contributed by atoms with Gasteiger partial charge in [-0.3, -0.25) is 4.79 Å². The van der Waals surface area contributed by atoms with Crippen LogP contribution in [-0.4, -0.2) is 35.5 Å². The molecule has 0 atom stereocenters. The van der Waals surface area contributed by atoms with E-state index in [4.69, 9.17) is 0 Å². The predicted molar refractivity (Wildman–Crippen MR) is 41.6 cm³/mol. The Kier molecular flexibility index (Phi) is 10.9. The van der Waals surface area contributed by atoms with Crippen LogP contribution in [0, 0.1) is 0 Å². The zero-order valence-electron chi connectivity index (χ0n) is 8.24. The van der Waals surface area contributed by atoms with Crippen molar-refractivity contribution in [1.29, 1.82) is 0 Å². The van der Waals surface area contributed by atoms with Crippen molar-refractivity contribution in [3.05, 3.63) is 0 Å². The van der Waals surface area contributed by atoms with Gasteiger partial charge in [0.25, 0.3) is 0 Å². The molecule has 0 fully saturated rings. The zero-order valence-corrected chi connectivity index (χ0v) is 7.65. The van der Waals surface area contributed by atoms with E-state index in [0.717, 1.165) is 13.0 Å². The Morgan fingerprint density at radius 2 is 2.11 bits per heavy atom. The standard InChI is InChI=1S/C6H13NO.Mg.2H/c1-3-5-6(8)7-4-2;;;/h3-5H2,1-2H3,(H,7,8);;;/q;+2;2*-1. The van der Waals surface area contributed by atoms with E-state index in [1.165, 1.54) is 0 Å². The second-order valence-corrected chi connectivity index (χ2v) is 1.70. The maximum absolute atomic E-state index is 10.5. The first-order valence-electron chi connectivity index (χ1n) is 3.08. The van der Waals surface area contributed by atoms with Gasteiger partial charge >= 0.3 is 23.1 Å². The number of amides is 1. The fourth-order valence-electron chi connectivity index (χ4n) is 0.513. The molecule has 0 radical (unpaired) electrons. The van der Waals surface area contributed by atoms with Crippen molar-refractivity contribution >= 4 is 29.0 Å². The largest absolute Gasteiger partial charge is 2.00 e. The summed E-state index contributed by atoms with van der Waals surface area (Å²) in [5.74, 6) is 0.162. The Morgan fingerprint density at radius 3 is 2.44 bits per heavy atom. The van der Waals surface area contributed by atoms with E-state index < -0.39 is 0 Å². The summed E-state index contributed by atoms with van der Waals surface area (Å²) in [6, 6.07) is 0. The van der Waals surface area contributed by atoms with E-state index in [0.29, 0.717) is 6.42 Å². The van der Waals surface area contributed by atoms with Gasteiger partial charge in [0.2, 0.25) is 5.91 Å². The molecule has 0 rings (SSSR count). The third-order valence-corrected chi connectivity index (χ3v) is 0.851. The van der Waals surface area contributed by atoms with Crippen molar-refractivity contribution in [2.45, 2.75) is 26.7 Å². The Labute approximate surface area is 75.5 Å². The Hall–Kier alpha value is 0.236. The Bertz CT molecular complexity index is 75.0. The minimum atomic E-state index is 0. The molecule has 0 aromatic rings. The van der Waals surface area contributed by atoms with Crippen LogP contribution < -0.4 is 5.32 Å². The number of carbonyl (C=O) groups is 1. The molecular formula is C6H15MgNO. The molecule has 2 nitrogen and oxygen atoms in total. The molecule has 0 heterocycles. The molecule has 0 saturated carbocycles. The summed E-state index contributed by atoms with van der Waals surface area (Å²) in [5, 5.41) is 2.71. The van der Waals surface area contributed by atoms with Gasteiger partial charge < -0.3 is 8.17 Å². The maximum atomic E-state index is 10.5. The molecule has 0 spiro atoms. The SMILES string of the molecule is CCCC(=O)NCC.[H-].[H-].[Mg+2]. The molecule has 0 aliphatic heterocycles. The summed E-state index contributed by atoms with van der Waals surface area (Å²) < 4.78 is 0. The third-order valence-electron chi connectivity index (χ3n) is 0.851. The zero-order chi connectivity index (χ0) is 6.41. The second-order valence-electron chi connectivity index (χ2n) is 1.70. The summed E-state index contributed by atoms with van der Waals surface area (Å²) in [4.78, 5) is 10.5. The van der Waals surface area contributed by atoms with Crippen LogP contribution in [0.25, 0.3) is 0 Å². The fraction of sp³-hybridized carbons (Fsp3) is 0.833. The number of hydrogen-bond donors (Lipinski definition) is 1.